The Morgan fingerprint density at radius 3 is 2.78 bits per heavy atom. The minimum absolute atomic E-state index is 0.278. The molecule has 5 heteroatoms. The predicted octanol–water partition coefficient (Wildman–Crippen LogP) is 4.34. The highest BCUT2D eigenvalue weighted by Gasteiger charge is 2.13. The van der Waals surface area contributed by atoms with Crippen LogP contribution in [0, 0.1) is 0 Å². The van der Waals surface area contributed by atoms with Crippen LogP contribution in [0.15, 0.2) is 29.9 Å². The third-order valence-corrected chi connectivity index (χ3v) is 4.30. The SMILES string of the molecule is CCNC(Cc1ccc(Cl)c(Cl)c1)c1cncs1. The Morgan fingerprint density at radius 1 is 1.33 bits per heavy atom. The molecule has 0 amide bonds. The minimum atomic E-state index is 0.278. The van der Waals surface area contributed by atoms with Crippen LogP contribution in [-0.2, 0) is 6.42 Å². The summed E-state index contributed by atoms with van der Waals surface area (Å²) in [7, 11) is 0. The van der Waals surface area contributed by atoms with Gasteiger partial charge in [0.2, 0.25) is 0 Å². The Kier molecular flexibility index (Phi) is 5.01. The second kappa shape index (κ2) is 6.53. The highest BCUT2D eigenvalue weighted by Crippen LogP contribution is 2.26. The Bertz CT molecular complexity index is 500. The zero-order chi connectivity index (χ0) is 13.0. The minimum Gasteiger partial charge on any atom is -0.309 e. The predicted molar refractivity (Wildman–Crippen MR) is 78.7 cm³/mol. The molecule has 2 rings (SSSR count). The van der Waals surface area contributed by atoms with Crippen molar-refractivity contribution in [2.24, 2.45) is 0 Å². The van der Waals surface area contributed by atoms with Crippen LogP contribution in [0.2, 0.25) is 10.0 Å². The van der Waals surface area contributed by atoms with E-state index in [0.717, 1.165) is 13.0 Å². The van der Waals surface area contributed by atoms with Crippen molar-refractivity contribution in [1.82, 2.24) is 10.3 Å². The number of thiazole rings is 1. The van der Waals surface area contributed by atoms with Crippen molar-refractivity contribution in [2.45, 2.75) is 19.4 Å². The molecular formula is C13H14Cl2N2S. The van der Waals surface area contributed by atoms with Gasteiger partial charge >= 0.3 is 0 Å². The molecule has 0 aliphatic rings. The molecule has 2 nitrogen and oxygen atoms in total. The van der Waals surface area contributed by atoms with E-state index in [0.29, 0.717) is 10.0 Å². The van der Waals surface area contributed by atoms with E-state index in [9.17, 15) is 0 Å². The molecule has 1 atom stereocenters. The molecule has 1 aromatic heterocycles. The first-order valence-electron chi connectivity index (χ1n) is 5.76. The summed E-state index contributed by atoms with van der Waals surface area (Å²) >= 11 is 13.6. The molecule has 0 saturated carbocycles. The molecule has 18 heavy (non-hydrogen) atoms. The fourth-order valence-corrected chi connectivity index (χ4v) is 2.84. The fourth-order valence-electron chi connectivity index (χ4n) is 1.82. The summed E-state index contributed by atoms with van der Waals surface area (Å²) < 4.78 is 0. The summed E-state index contributed by atoms with van der Waals surface area (Å²) in [6.45, 7) is 3.02. The van der Waals surface area contributed by atoms with E-state index in [4.69, 9.17) is 23.2 Å². The fraction of sp³-hybridized carbons (Fsp3) is 0.308. The van der Waals surface area contributed by atoms with Crippen molar-refractivity contribution >= 4 is 34.5 Å². The molecule has 0 aliphatic carbocycles. The number of hydrogen-bond donors (Lipinski definition) is 1. The Morgan fingerprint density at radius 2 is 2.17 bits per heavy atom. The van der Waals surface area contributed by atoms with Crippen LogP contribution < -0.4 is 5.32 Å². The quantitative estimate of drug-likeness (QED) is 0.888. The van der Waals surface area contributed by atoms with Gasteiger partial charge in [-0.3, -0.25) is 4.98 Å². The largest absolute Gasteiger partial charge is 0.309 e. The van der Waals surface area contributed by atoms with Crippen molar-refractivity contribution in [2.75, 3.05) is 6.54 Å². The number of hydrogen-bond acceptors (Lipinski definition) is 3. The van der Waals surface area contributed by atoms with Gasteiger partial charge in [0.1, 0.15) is 0 Å². The van der Waals surface area contributed by atoms with E-state index in [1.807, 2.05) is 29.9 Å². The first kappa shape index (κ1) is 13.8. The molecule has 0 spiro atoms. The molecule has 1 unspecified atom stereocenters. The number of halogens is 2. The number of benzene rings is 1. The van der Waals surface area contributed by atoms with Gasteiger partial charge in [-0.1, -0.05) is 36.2 Å². The molecule has 2 aromatic rings. The second-order valence-corrected chi connectivity index (χ2v) is 5.70. The maximum atomic E-state index is 6.04. The van der Waals surface area contributed by atoms with Crippen LogP contribution in [0.3, 0.4) is 0 Å². The molecule has 0 fully saturated rings. The standard InChI is InChI=1S/C13H14Cl2N2S/c1-2-17-12(13-7-16-8-18-13)6-9-3-4-10(14)11(15)5-9/h3-5,7-8,12,17H,2,6H2,1H3. The molecule has 0 bridgehead atoms. The Hall–Kier alpha value is -0.610. The summed E-state index contributed by atoms with van der Waals surface area (Å²) in [6, 6.07) is 6.06. The van der Waals surface area contributed by atoms with Crippen LogP contribution in [0.1, 0.15) is 23.4 Å². The Balaban J connectivity index is 2.16. The van der Waals surface area contributed by atoms with E-state index in [2.05, 4.69) is 17.2 Å². The van der Waals surface area contributed by atoms with E-state index in [1.54, 1.807) is 11.3 Å². The molecule has 1 aromatic carbocycles. The average molecular weight is 301 g/mol. The van der Waals surface area contributed by atoms with E-state index in [1.165, 1.54) is 10.4 Å². The normalized spacial score (nSPS) is 12.6. The van der Waals surface area contributed by atoms with Crippen molar-refractivity contribution < 1.29 is 0 Å². The molecule has 96 valence electrons. The summed E-state index contributed by atoms with van der Waals surface area (Å²) in [5, 5.41) is 4.66. The van der Waals surface area contributed by atoms with Crippen molar-refractivity contribution in [1.29, 1.82) is 0 Å². The molecule has 0 aliphatic heterocycles. The van der Waals surface area contributed by atoms with E-state index < -0.39 is 0 Å². The zero-order valence-electron chi connectivity index (χ0n) is 9.99. The first-order valence-corrected chi connectivity index (χ1v) is 7.40. The smallest absolute Gasteiger partial charge is 0.0794 e. The number of aromatic nitrogens is 1. The Labute approximate surface area is 121 Å². The maximum Gasteiger partial charge on any atom is 0.0794 e. The first-order chi connectivity index (χ1) is 8.70. The molecule has 0 radical (unpaired) electrons. The van der Waals surface area contributed by atoms with Gasteiger partial charge in [-0.25, -0.2) is 0 Å². The van der Waals surface area contributed by atoms with Gasteiger partial charge in [0.05, 0.1) is 15.6 Å². The molecule has 1 heterocycles. The highest BCUT2D eigenvalue weighted by atomic mass is 35.5. The molecular weight excluding hydrogens is 287 g/mol. The molecule has 1 N–H and O–H groups in total. The van der Waals surface area contributed by atoms with E-state index in [-0.39, 0.29) is 6.04 Å². The van der Waals surface area contributed by atoms with Gasteiger partial charge in [-0.15, -0.1) is 11.3 Å². The molecule has 0 saturated heterocycles. The maximum absolute atomic E-state index is 6.04. The van der Waals surface area contributed by atoms with Crippen LogP contribution in [-0.4, -0.2) is 11.5 Å². The van der Waals surface area contributed by atoms with Gasteiger partial charge in [-0.05, 0) is 30.7 Å². The second-order valence-electron chi connectivity index (χ2n) is 3.97. The van der Waals surface area contributed by atoms with Gasteiger partial charge < -0.3 is 5.32 Å². The lowest BCUT2D eigenvalue weighted by Crippen LogP contribution is -2.22. The third kappa shape index (κ3) is 3.45. The van der Waals surface area contributed by atoms with Crippen LogP contribution >= 0.6 is 34.5 Å². The monoisotopic (exact) mass is 300 g/mol. The summed E-state index contributed by atoms with van der Waals surface area (Å²) in [5.74, 6) is 0. The lowest BCUT2D eigenvalue weighted by atomic mass is 10.1. The van der Waals surface area contributed by atoms with Crippen LogP contribution in [0.5, 0.6) is 0 Å². The highest BCUT2D eigenvalue weighted by molar-refractivity contribution is 7.09. The number of nitrogens with one attached hydrogen (secondary N) is 1. The van der Waals surface area contributed by atoms with Gasteiger partial charge in [0, 0.05) is 17.1 Å². The van der Waals surface area contributed by atoms with Gasteiger partial charge in [0.25, 0.3) is 0 Å². The van der Waals surface area contributed by atoms with Crippen LogP contribution in [0.25, 0.3) is 0 Å². The zero-order valence-corrected chi connectivity index (χ0v) is 12.3. The van der Waals surface area contributed by atoms with Gasteiger partial charge in [0.15, 0.2) is 0 Å². The number of nitrogens with zero attached hydrogens (tertiary/aromatic N) is 1. The summed E-state index contributed by atoms with van der Waals surface area (Å²) in [5.41, 5.74) is 3.03. The number of rotatable bonds is 5. The van der Waals surface area contributed by atoms with Crippen molar-refractivity contribution in [3.8, 4) is 0 Å². The van der Waals surface area contributed by atoms with Crippen molar-refractivity contribution in [3.63, 3.8) is 0 Å². The average Bonchev–Trinajstić information content (AvgIpc) is 2.87. The summed E-state index contributed by atoms with van der Waals surface area (Å²) in [4.78, 5) is 5.37. The van der Waals surface area contributed by atoms with Crippen molar-refractivity contribution in [3.05, 3.63) is 50.4 Å². The topological polar surface area (TPSA) is 24.9 Å². The summed E-state index contributed by atoms with van der Waals surface area (Å²) in [6.07, 6.45) is 2.79. The lowest BCUT2D eigenvalue weighted by molar-refractivity contribution is 0.557. The lowest BCUT2D eigenvalue weighted by Gasteiger charge is -2.16. The third-order valence-electron chi connectivity index (χ3n) is 2.67. The number of likely N-dealkylation sites (N-methyl/N-ethyl adjacent to an activating group) is 1. The van der Waals surface area contributed by atoms with E-state index >= 15 is 0 Å². The van der Waals surface area contributed by atoms with Gasteiger partial charge in [-0.2, -0.15) is 0 Å². The van der Waals surface area contributed by atoms with Crippen LogP contribution in [0.4, 0.5) is 0 Å².